The number of carboxylic acid groups (broad SMARTS) is 2. The van der Waals surface area contributed by atoms with Crippen LogP contribution in [-0.2, 0) is 4.57 Å². The van der Waals surface area contributed by atoms with Crippen LogP contribution in [0, 0.1) is 0 Å². The van der Waals surface area contributed by atoms with E-state index in [1.165, 1.54) is 0 Å². The molecule has 0 fully saturated rings. The zero-order valence-electron chi connectivity index (χ0n) is 14.2. The summed E-state index contributed by atoms with van der Waals surface area (Å²) in [7, 11) is -4.03. The number of aromatic carboxylic acids is 2. The molecular weight excluding hydrogens is 383 g/mol. The fourth-order valence-electron chi connectivity index (χ4n) is 2.99. The Bertz CT molecular complexity index is 1170. The molecule has 2 N–H and O–H groups in total. The molecule has 1 aliphatic rings. The summed E-state index contributed by atoms with van der Waals surface area (Å²) in [4.78, 5) is 22.8. The van der Waals surface area contributed by atoms with Crippen molar-refractivity contribution < 1.29 is 33.4 Å². The van der Waals surface area contributed by atoms with E-state index in [1.807, 2.05) is 12.1 Å². The Morgan fingerprint density at radius 3 is 2.25 bits per heavy atom. The second-order valence-electron chi connectivity index (χ2n) is 6.01. The van der Waals surface area contributed by atoms with Crippen molar-refractivity contribution in [2.45, 2.75) is 0 Å². The van der Waals surface area contributed by atoms with E-state index in [2.05, 4.69) is 0 Å². The minimum atomic E-state index is -4.03. The number of rotatable bonds is 4. The standard InChI is InChI=1S/C20H13O7P/c21-19(22)12-9-10-15(20(23)24)17(11-12)27-28(25)18-8-4-2-6-14(18)13-5-1-3-7-16(13)26-28/h1-11H,(H,21,22)(H,23,24). The van der Waals surface area contributed by atoms with Crippen LogP contribution < -0.4 is 14.4 Å². The quantitative estimate of drug-likeness (QED) is 0.641. The maximum absolute atomic E-state index is 13.7. The van der Waals surface area contributed by atoms with Crippen LogP contribution in [0.4, 0.5) is 0 Å². The summed E-state index contributed by atoms with van der Waals surface area (Å²) >= 11 is 0. The van der Waals surface area contributed by atoms with E-state index in [-0.39, 0.29) is 22.2 Å². The Balaban J connectivity index is 1.87. The lowest BCUT2D eigenvalue weighted by atomic mass is 10.0. The van der Waals surface area contributed by atoms with Gasteiger partial charge in [-0.3, -0.25) is 0 Å². The summed E-state index contributed by atoms with van der Waals surface area (Å²) in [6.07, 6.45) is 0. The zero-order chi connectivity index (χ0) is 19.9. The zero-order valence-corrected chi connectivity index (χ0v) is 15.1. The van der Waals surface area contributed by atoms with Crippen molar-refractivity contribution in [3.8, 4) is 22.6 Å². The molecule has 4 rings (SSSR count). The minimum Gasteiger partial charge on any atom is -0.478 e. The highest BCUT2D eigenvalue weighted by atomic mass is 31.2. The Morgan fingerprint density at radius 2 is 1.54 bits per heavy atom. The van der Waals surface area contributed by atoms with Crippen LogP contribution in [0.1, 0.15) is 20.7 Å². The largest absolute Gasteiger partial charge is 0.478 e. The number of carbonyl (C=O) groups is 2. The molecule has 0 bridgehead atoms. The molecule has 0 spiro atoms. The number of hydrogen-bond acceptors (Lipinski definition) is 5. The topological polar surface area (TPSA) is 110 Å². The molecule has 3 aromatic carbocycles. The van der Waals surface area contributed by atoms with E-state index in [0.717, 1.165) is 23.8 Å². The monoisotopic (exact) mass is 396 g/mol. The fraction of sp³-hybridized carbons (Fsp3) is 0. The number of benzene rings is 3. The summed E-state index contributed by atoms with van der Waals surface area (Å²) in [5.74, 6) is -2.62. The predicted molar refractivity (Wildman–Crippen MR) is 101 cm³/mol. The van der Waals surface area contributed by atoms with Crippen molar-refractivity contribution in [1.82, 2.24) is 0 Å². The average molecular weight is 396 g/mol. The van der Waals surface area contributed by atoms with Crippen LogP contribution in [0.5, 0.6) is 11.5 Å². The van der Waals surface area contributed by atoms with E-state index >= 15 is 0 Å². The molecule has 0 aliphatic carbocycles. The van der Waals surface area contributed by atoms with Crippen LogP contribution in [0.3, 0.4) is 0 Å². The Kier molecular flexibility index (Phi) is 4.17. The number of hydrogen-bond donors (Lipinski definition) is 2. The molecule has 0 amide bonds. The summed E-state index contributed by atoms with van der Waals surface area (Å²) in [5, 5.41) is 18.9. The average Bonchev–Trinajstić information content (AvgIpc) is 2.68. The van der Waals surface area contributed by atoms with Gasteiger partial charge >= 0.3 is 19.5 Å². The lowest BCUT2D eigenvalue weighted by Gasteiger charge is -2.28. The summed E-state index contributed by atoms with van der Waals surface area (Å²) < 4.78 is 24.9. The van der Waals surface area contributed by atoms with Gasteiger partial charge in [0.25, 0.3) is 0 Å². The van der Waals surface area contributed by atoms with Crippen molar-refractivity contribution in [2.24, 2.45) is 0 Å². The van der Waals surface area contributed by atoms with E-state index in [4.69, 9.17) is 9.05 Å². The van der Waals surface area contributed by atoms with Crippen LogP contribution in [0.15, 0.2) is 66.7 Å². The van der Waals surface area contributed by atoms with Gasteiger partial charge < -0.3 is 19.3 Å². The summed E-state index contributed by atoms with van der Waals surface area (Å²) in [5.41, 5.74) is 0.849. The molecule has 0 saturated heterocycles. The van der Waals surface area contributed by atoms with E-state index in [1.54, 1.807) is 36.4 Å². The van der Waals surface area contributed by atoms with Crippen LogP contribution in [0.2, 0.25) is 0 Å². The van der Waals surface area contributed by atoms with Crippen molar-refractivity contribution in [3.63, 3.8) is 0 Å². The van der Waals surface area contributed by atoms with Gasteiger partial charge in [0.1, 0.15) is 17.1 Å². The van der Waals surface area contributed by atoms with Gasteiger partial charge in [0.15, 0.2) is 0 Å². The molecular formula is C20H13O7P. The van der Waals surface area contributed by atoms with E-state index in [0.29, 0.717) is 11.3 Å². The summed E-state index contributed by atoms with van der Waals surface area (Å²) in [6, 6.07) is 17.0. The summed E-state index contributed by atoms with van der Waals surface area (Å²) in [6.45, 7) is 0. The highest BCUT2D eigenvalue weighted by Gasteiger charge is 2.39. The minimum absolute atomic E-state index is 0.197. The van der Waals surface area contributed by atoms with Crippen molar-refractivity contribution in [2.75, 3.05) is 0 Å². The van der Waals surface area contributed by atoms with Gasteiger partial charge in [-0.25, -0.2) is 14.2 Å². The van der Waals surface area contributed by atoms with Gasteiger partial charge in [0, 0.05) is 11.1 Å². The van der Waals surface area contributed by atoms with E-state index in [9.17, 15) is 24.4 Å². The van der Waals surface area contributed by atoms with Crippen LogP contribution in [0.25, 0.3) is 11.1 Å². The molecule has 7 nitrogen and oxygen atoms in total. The van der Waals surface area contributed by atoms with Crippen molar-refractivity contribution in [1.29, 1.82) is 0 Å². The first-order valence-electron chi connectivity index (χ1n) is 8.18. The predicted octanol–water partition coefficient (Wildman–Crippen LogP) is 4.04. The molecule has 1 atom stereocenters. The van der Waals surface area contributed by atoms with Gasteiger partial charge in [-0.2, -0.15) is 0 Å². The highest BCUT2D eigenvalue weighted by Crippen LogP contribution is 2.55. The lowest BCUT2D eigenvalue weighted by Crippen LogP contribution is -2.21. The SMILES string of the molecule is O=C(O)c1ccc(C(=O)O)c(OP2(=O)Oc3ccccc3-c3ccccc32)c1. The first-order chi connectivity index (χ1) is 13.4. The number of carboxylic acids is 2. The van der Waals surface area contributed by atoms with Gasteiger partial charge in [0.05, 0.1) is 10.9 Å². The smallest absolute Gasteiger partial charge is 0.463 e. The Hall–Kier alpha value is -3.57. The first kappa shape index (κ1) is 17.8. The number of para-hydroxylation sites is 1. The fourth-order valence-corrected chi connectivity index (χ4v) is 4.81. The van der Waals surface area contributed by atoms with Gasteiger partial charge in [-0.05, 0) is 30.3 Å². The molecule has 140 valence electrons. The van der Waals surface area contributed by atoms with Crippen molar-refractivity contribution >= 4 is 24.8 Å². The molecule has 0 aromatic heterocycles. The van der Waals surface area contributed by atoms with Crippen molar-refractivity contribution in [3.05, 3.63) is 77.9 Å². The highest BCUT2D eigenvalue weighted by molar-refractivity contribution is 7.63. The molecule has 3 aromatic rings. The third kappa shape index (κ3) is 2.92. The molecule has 1 heterocycles. The molecule has 8 heteroatoms. The normalized spacial score (nSPS) is 17.0. The second-order valence-corrected chi connectivity index (χ2v) is 7.86. The van der Waals surface area contributed by atoms with Gasteiger partial charge in [-0.15, -0.1) is 0 Å². The first-order valence-corrected chi connectivity index (χ1v) is 9.72. The van der Waals surface area contributed by atoms with Crippen LogP contribution >= 0.6 is 7.60 Å². The maximum Gasteiger partial charge on any atom is 0.463 e. The molecule has 0 saturated carbocycles. The number of fused-ring (bicyclic) bond motifs is 3. The Labute approximate surface area is 159 Å². The molecule has 0 radical (unpaired) electrons. The third-order valence-electron chi connectivity index (χ3n) is 4.27. The Morgan fingerprint density at radius 1 is 0.857 bits per heavy atom. The van der Waals surface area contributed by atoms with E-state index < -0.39 is 19.5 Å². The second kappa shape index (κ2) is 6.55. The van der Waals surface area contributed by atoms with Gasteiger partial charge in [0.2, 0.25) is 0 Å². The molecule has 28 heavy (non-hydrogen) atoms. The maximum atomic E-state index is 13.7. The van der Waals surface area contributed by atoms with Crippen LogP contribution in [-0.4, -0.2) is 22.2 Å². The molecule has 1 unspecified atom stereocenters. The van der Waals surface area contributed by atoms with Gasteiger partial charge in [-0.1, -0.05) is 36.4 Å². The third-order valence-corrected chi connectivity index (χ3v) is 6.13. The molecule has 1 aliphatic heterocycles. The lowest BCUT2D eigenvalue weighted by molar-refractivity contribution is 0.0679.